The molecule has 1 amide bonds. The van der Waals surface area contributed by atoms with E-state index in [2.05, 4.69) is 36.2 Å². The predicted molar refractivity (Wildman–Crippen MR) is 134 cm³/mol. The molecule has 2 atom stereocenters. The van der Waals surface area contributed by atoms with Crippen molar-refractivity contribution in [1.29, 1.82) is 5.26 Å². The first kappa shape index (κ1) is 27.1. The van der Waals surface area contributed by atoms with Crippen molar-refractivity contribution in [2.24, 2.45) is 0 Å². The van der Waals surface area contributed by atoms with Crippen LogP contribution in [0.2, 0.25) is 0 Å². The Labute approximate surface area is 214 Å². The van der Waals surface area contributed by atoms with Gasteiger partial charge < -0.3 is 25.4 Å². The van der Waals surface area contributed by atoms with E-state index < -0.39 is 23.6 Å². The number of halogens is 1. The summed E-state index contributed by atoms with van der Waals surface area (Å²) >= 11 is 0. The molecular weight excluding hydrogens is 481 g/mol. The van der Waals surface area contributed by atoms with E-state index in [-0.39, 0.29) is 23.2 Å². The highest BCUT2D eigenvalue weighted by molar-refractivity contribution is 5.69. The van der Waals surface area contributed by atoms with Crippen LogP contribution in [0, 0.1) is 17.1 Å². The van der Waals surface area contributed by atoms with Gasteiger partial charge >= 0.3 is 6.09 Å². The van der Waals surface area contributed by atoms with E-state index in [1.807, 2.05) is 13.0 Å². The molecule has 3 rings (SSSR count). The number of alkyl carbamates (subject to hydrolysis) is 1. The van der Waals surface area contributed by atoms with Crippen LogP contribution in [0.5, 0.6) is 5.88 Å². The zero-order chi connectivity index (χ0) is 27.2. The predicted octanol–water partition coefficient (Wildman–Crippen LogP) is 3.92. The van der Waals surface area contributed by atoms with Crippen molar-refractivity contribution in [1.82, 2.24) is 30.3 Å². The van der Waals surface area contributed by atoms with Crippen molar-refractivity contribution in [3.05, 3.63) is 42.1 Å². The molecule has 3 aromatic heterocycles. The fraction of sp³-hybridized carbons (Fsp3) is 0.417. The Balaban J connectivity index is 1.85. The molecule has 12 nitrogen and oxygen atoms in total. The van der Waals surface area contributed by atoms with Crippen LogP contribution >= 0.6 is 0 Å². The summed E-state index contributed by atoms with van der Waals surface area (Å²) in [7, 11) is 1.48. The van der Waals surface area contributed by atoms with E-state index in [0.717, 1.165) is 6.07 Å². The van der Waals surface area contributed by atoms with Gasteiger partial charge in [-0.15, -0.1) is 5.10 Å². The molecule has 0 aliphatic heterocycles. The zero-order valence-corrected chi connectivity index (χ0v) is 21.5. The number of carbonyl (C=O) groups excluding carboxylic acids is 1. The maximum absolute atomic E-state index is 14.9. The average Bonchev–Trinajstić information content (AvgIpc) is 3.37. The Morgan fingerprint density at radius 3 is 2.65 bits per heavy atom. The molecule has 13 heteroatoms. The van der Waals surface area contributed by atoms with Crippen LogP contribution in [0.3, 0.4) is 0 Å². The molecule has 0 unspecified atom stereocenters. The second-order valence-electron chi connectivity index (χ2n) is 9.15. The van der Waals surface area contributed by atoms with Crippen LogP contribution in [0.15, 0.2) is 30.7 Å². The summed E-state index contributed by atoms with van der Waals surface area (Å²) in [5.41, 5.74) is 0.302. The first-order valence-corrected chi connectivity index (χ1v) is 11.6. The van der Waals surface area contributed by atoms with Gasteiger partial charge in [0.25, 0.3) is 0 Å². The Morgan fingerprint density at radius 1 is 1.30 bits per heavy atom. The summed E-state index contributed by atoms with van der Waals surface area (Å²) in [5, 5.41) is 26.1. The number of nitriles is 1. The van der Waals surface area contributed by atoms with Gasteiger partial charge in [0.2, 0.25) is 5.88 Å². The van der Waals surface area contributed by atoms with Gasteiger partial charge in [-0.05, 0) is 46.2 Å². The van der Waals surface area contributed by atoms with Gasteiger partial charge in [-0.25, -0.2) is 23.8 Å². The number of methoxy groups -OCH3 is 1. The van der Waals surface area contributed by atoms with E-state index in [1.165, 1.54) is 24.2 Å². The third-order valence-corrected chi connectivity index (χ3v) is 5.16. The molecule has 3 N–H and O–H groups in total. The highest BCUT2D eigenvalue weighted by Crippen LogP contribution is 2.28. The monoisotopic (exact) mass is 511 g/mol. The van der Waals surface area contributed by atoms with E-state index in [4.69, 9.17) is 9.47 Å². The maximum Gasteiger partial charge on any atom is 0.407 e. The van der Waals surface area contributed by atoms with E-state index >= 15 is 0 Å². The molecule has 0 aromatic carbocycles. The number of aromatic nitrogens is 5. The van der Waals surface area contributed by atoms with Crippen LogP contribution in [0.1, 0.15) is 46.6 Å². The summed E-state index contributed by atoms with van der Waals surface area (Å²) in [6, 6.07) is 3.93. The minimum Gasteiger partial charge on any atom is -0.479 e. The van der Waals surface area contributed by atoms with Gasteiger partial charge in [0.15, 0.2) is 17.5 Å². The molecule has 0 aliphatic rings. The minimum atomic E-state index is -0.707. The molecule has 0 spiro atoms. The SMILES string of the molecule is CC[C@@H](Nc1nc(Nc2cnc(OC)c(-n3ccnn3)c2)c(C#N)cc1F)[C@H](C)NC(=O)OC(C)(C)C. The minimum absolute atomic E-state index is 0.00542. The highest BCUT2D eigenvalue weighted by Gasteiger charge is 2.24. The van der Waals surface area contributed by atoms with Crippen molar-refractivity contribution in [3.63, 3.8) is 0 Å². The summed E-state index contributed by atoms with van der Waals surface area (Å²) in [6.45, 7) is 8.97. The van der Waals surface area contributed by atoms with Crippen LogP contribution < -0.4 is 20.7 Å². The third kappa shape index (κ3) is 7.03. The molecule has 196 valence electrons. The molecule has 0 aliphatic carbocycles. The van der Waals surface area contributed by atoms with E-state index in [0.29, 0.717) is 23.7 Å². The van der Waals surface area contributed by atoms with Crippen LogP contribution in [-0.4, -0.2) is 55.8 Å². The highest BCUT2D eigenvalue weighted by atomic mass is 19.1. The summed E-state index contributed by atoms with van der Waals surface area (Å²) in [4.78, 5) is 20.8. The Hall–Kier alpha value is -4.47. The topological polar surface area (TPSA) is 152 Å². The number of hydrogen-bond donors (Lipinski definition) is 3. The van der Waals surface area contributed by atoms with Crippen LogP contribution in [0.25, 0.3) is 5.69 Å². The lowest BCUT2D eigenvalue weighted by molar-refractivity contribution is 0.0503. The fourth-order valence-electron chi connectivity index (χ4n) is 3.42. The van der Waals surface area contributed by atoms with E-state index in [9.17, 15) is 14.4 Å². The van der Waals surface area contributed by atoms with Gasteiger partial charge in [0.05, 0.1) is 37.0 Å². The number of nitrogens with zero attached hydrogens (tertiary/aromatic N) is 6. The number of rotatable bonds is 9. The van der Waals surface area contributed by atoms with Crippen molar-refractivity contribution >= 4 is 23.4 Å². The first-order chi connectivity index (χ1) is 17.5. The quantitative estimate of drug-likeness (QED) is 0.385. The Bertz CT molecular complexity index is 1270. The number of pyridine rings is 2. The average molecular weight is 512 g/mol. The second kappa shape index (κ2) is 11.5. The molecule has 0 radical (unpaired) electrons. The lowest BCUT2D eigenvalue weighted by atomic mass is 10.1. The lowest BCUT2D eigenvalue weighted by Crippen LogP contribution is -2.46. The standard InChI is InChI=1S/C24H30FN9O3/c1-7-18(14(2)29-23(35)37-24(3,4)5)31-21-17(25)10-15(12-26)20(32-21)30-16-11-19(22(36-6)27-13-16)34-9-8-28-33-34/h8-11,13-14,18H,7H2,1-6H3,(H,29,35)(H2,30,31,32)/t14-,18+/m0/s1. The van der Waals surface area contributed by atoms with Crippen molar-refractivity contribution < 1.29 is 18.7 Å². The lowest BCUT2D eigenvalue weighted by Gasteiger charge is -2.27. The first-order valence-electron chi connectivity index (χ1n) is 11.6. The van der Waals surface area contributed by atoms with Crippen molar-refractivity contribution in [3.8, 4) is 17.6 Å². The van der Waals surface area contributed by atoms with Crippen molar-refractivity contribution in [2.75, 3.05) is 17.7 Å². The number of hydrogen-bond acceptors (Lipinski definition) is 10. The third-order valence-electron chi connectivity index (χ3n) is 5.16. The number of nitrogens with one attached hydrogen (secondary N) is 3. The second-order valence-corrected chi connectivity index (χ2v) is 9.15. The summed E-state index contributed by atoms with van der Waals surface area (Å²) < 4.78 is 27.0. The normalized spacial score (nSPS) is 12.7. The zero-order valence-electron chi connectivity index (χ0n) is 21.5. The maximum atomic E-state index is 14.9. The molecule has 0 fully saturated rings. The summed E-state index contributed by atoms with van der Waals surface area (Å²) in [6.07, 6.45) is 4.59. The van der Waals surface area contributed by atoms with Gasteiger partial charge in [-0.2, -0.15) is 5.26 Å². The van der Waals surface area contributed by atoms with Crippen LogP contribution in [0.4, 0.5) is 26.5 Å². The number of carbonyl (C=O) groups is 1. The summed E-state index contributed by atoms with van der Waals surface area (Å²) in [5.74, 6) is -0.362. The number of ether oxygens (including phenoxy) is 2. The van der Waals surface area contributed by atoms with Gasteiger partial charge in [0.1, 0.15) is 17.4 Å². The molecule has 0 saturated heterocycles. The number of amides is 1. The van der Waals surface area contributed by atoms with E-state index in [1.54, 1.807) is 40.0 Å². The van der Waals surface area contributed by atoms with Crippen molar-refractivity contribution in [2.45, 2.75) is 58.7 Å². The fourth-order valence-corrected chi connectivity index (χ4v) is 3.42. The molecule has 3 heterocycles. The Morgan fingerprint density at radius 2 is 2.05 bits per heavy atom. The van der Waals surface area contributed by atoms with Gasteiger partial charge in [-0.1, -0.05) is 12.1 Å². The number of anilines is 3. The largest absolute Gasteiger partial charge is 0.479 e. The molecule has 37 heavy (non-hydrogen) atoms. The Kier molecular flexibility index (Phi) is 8.44. The molecule has 3 aromatic rings. The molecule has 0 bridgehead atoms. The van der Waals surface area contributed by atoms with Gasteiger partial charge in [0, 0.05) is 12.1 Å². The molecule has 0 saturated carbocycles. The molecular formula is C24H30FN9O3. The smallest absolute Gasteiger partial charge is 0.407 e. The van der Waals surface area contributed by atoms with Crippen LogP contribution in [-0.2, 0) is 4.74 Å². The van der Waals surface area contributed by atoms with Gasteiger partial charge in [-0.3, -0.25) is 0 Å².